The Labute approximate surface area is 182 Å². The molecule has 7 nitrogen and oxygen atoms in total. The van der Waals surface area contributed by atoms with E-state index in [0.717, 1.165) is 32.2 Å². The van der Waals surface area contributed by atoms with Crippen molar-refractivity contribution < 1.29 is 14.4 Å². The lowest BCUT2D eigenvalue weighted by Gasteiger charge is -2.44. The zero-order valence-electron chi connectivity index (χ0n) is 19.6. The fourth-order valence-corrected chi connectivity index (χ4v) is 4.97. The quantitative estimate of drug-likeness (QED) is 0.595. The molecule has 0 unspecified atom stereocenters. The average Bonchev–Trinajstić information content (AvgIpc) is 2.67. The van der Waals surface area contributed by atoms with Gasteiger partial charge in [0.25, 0.3) is 0 Å². The first kappa shape index (κ1) is 24.6. The molecule has 2 saturated heterocycles. The van der Waals surface area contributed by atoms with Crippen LogP contribution in [0.1, 0.15) is 73.1 Å². The summed E-state index contributed by atoms with van der Waals surface area (Å²) in [6, 6.07) is -0.606. The highest BCUT2D eigenvalue weighted by Crippen LogP contribution is 2.38. The van der Waals surface area contributed by atoms with Gasteiger partial charge in [-0.1, -0.05) is 34.6 Å². The van der Waals surface area contributed by atoms with E-state index in [1.165, 1.54) is 0 Å². The number of rotatable bonds is 9. The Kier molecular flexibility index (Phi) is 8.71. The van der Waals surface area contributed by atoms with Crippen LogP contribution in [0.3, 0.4) is 0 Å². The number of hydrogen-bond acceptors (Lipinski definition) is 4. The van der Waals surface area contributed by atoms with Crippen LogP contribution in [0.25, 0.3) is 0 Å². The van der Waals surface area contributed by atoms with Crippen LogP contribution in [-0.2, 0) is 14.4 Å². The van der Waals surface area contributed by atoms with Crippen LogP contribution in [0.4, 0.5) is 0 Å². The van der Waals surface area contributed by atoms with Gasteiger partial charge < -0.3 is 20.9 Å². The van der Waals surface area contributed by atoms with E-state index in [4.69, 9.17) is 5.73 Å². The van der Waals surface area contributed by atoms with Crippen molar-refractivity contribution in [2.75, 3.05) is 26.2 Å². The van der Waals surface area contributed by atoms with Gasteiger partial charge in [0.15, 0.2) is 0 Å². The molecule has 0 radical (unpaired) electrons. The molecule has 0 aromatic rings. The van der Waals surface area contributed by atoms with Crippen LogP contribution in [0.15, 0.2) is 0 Å². The number of likely N-dealkylation sites (tertiary alicyclic amines) is 1. The van der Waals surface area contributed by atoms with E-state index >= 15 is 0 Å². The summed E-state index contributed by atoms with van der Waals surface area (Å²) >= 11 is 0. The minimum atomic E-state index is -0.403. The van der Waals surface area contributed by atoms with Crippen molar-refractivity contribution in [2.24, 2.45) is 23.0 Å². The van der Waals surface area contributed by atoms with Gasteiger partial charge in [-0.15, -0.1) is 0 Å². The van der Waals surface area contributed by atoms with Gasteiger partial charge in [0.1, 0.15) is 6.04 Å². The number of primary amides is 1. The first-order chi connectivity index (χ1) is 14.1. The highest BCUT2D eigenvalue weighted by Gasteiger charge is 2.41. The molecule has 3 amide bonds. The third-order valence-corrected chi connectivity index (χ3v) is 6.82. The maximum absolute atomic E-state index is 13.5. The molecule has 2 heterocycles. The first-order valence-corrected chi connectivity index (χ1v) is 11.7. The molecule has 2 aliphatic heterocycles. The van der Waals surface area contributed by atoms with Crippen molar-refractivity contribution >= 4 is 17.7 Å². The fraction of sp³-hybridized carbons (Fsp3) is 0.870. The Morgan fingerprint density at radius 2 is 1.77 bits per heavy atom. The van der Waals surface area contributed by atoms with Crippen LogP contribution < -0.4 is 11.1 Å². The van der Waals surface area contributed by atoms with E-state index in [0.29, 0.717) is 44.3 Å². The van der Waals surface area contributed by atoms with Gasteiger partial charge in [0, 0.05) is 32.6 Å². The Hall–Kier alpha value is -1.63. The number of carbonyl (C=O) groups is 3. The highest BCUT2D eigenvalue weighted by molar-refractivity contribution is 5.90. The zero-order chi connectivity index (χ0) is 22.5. The molecular weight excluding hydrogens is 380 g/mol. The van der Waals surface area contributed by atoms with Gasteiger partial charge >= 0.3 is 0 Å². The number of nitrogens with two attached hydrogens (primary N) is 1. The highest BCUT2D eigenvalue weighted by atomic mass is 16.2. The molecule has 2 aliphatic rings. The van der Waals surface area contributed by atoms with Gasteiger partial charge in [-0.2, -0.15) is 0 Å². The Morgan fingerprint density at radius 3 is 2.27 bits per heavy atom. The molecule has 0 aliphatic carbocycles. The standard InChI is InChI=1S/C23H42N4O3/c1-6-23(15-20(24)28)7-10-26(11-8-23)22(30)19(14-17(4)5)27-12-9-25-18(21(27)29)13-16(2)3/h16-19,25H,6-15H2,1-5H3,(H2,24,28)/t18-,19-/m0/s1. The molecule has 2 atom stereocenters. The first-order valence-electron chi connectivity index (χ1n) is 11.7. The minimum absolute atomic E-state index is 0.0580. The number of nitrogens with zero attached hydrogens (tertiary/aromatic N) is 2. The number of piperidine rings is 1. The van der Waals surface area contributed by atoms with E-state index in [9.17, 15) is 14.4 Å². The predicted octanol–water partition coefficient (Wildman–Crippen LogP) is 2.14. The van der Waals surface area contributed by atoms with Crippen molar-refractivity contribution in [1.29, 1.82) is 0 Å². The van der Waals surface area contributed by atoms with Gasteiger partial charge in [-0.05, 0) is 49.4 Å². The van der Waals surface area contributed by atoms with Gasteiger partial charge in [-0.3, -0.25) is 14.4 Å². The smallest absolute Gasteiger partial charge is 0.245 e. The molecule has 0 bridgehead atoms. The van der Waals surface area contributed by atoms with Crippen LogP contribution in [-0.4, -0.2) is 65.8 Å². The van der Waals surface area contributed by atoms with Gasteiger partial charge in [-0.25, -0.2) is 0 Å². The predicted molar refractivity (Wildman–Crippen MR) is 119 cm³/mol. The maximum Gasteiger partial charge on any atom is 0.245 e. The van der Waals surface area contributed by atoms with Crippen molar-refractivity contribution in [3.63, 3.8) is 0 Å². The average molecular weight is 423 g/mol. The summed E-state index contributed by atoms with van der Waals surface area (Å²) in [7, 11) is 0. The van der Waals surface area contributed by atoms with Crippen LogP contribution in [0, 0.1) is 17.3 Å². The summed E-state index contributed by atoms with van der Waals surface area (Å²) in [6.45, 7) is 13.1. The second-order valence-electron chi connectivity index (χ2n) is 10.1. The maximum atomic E-state index is 13.5. The monoisotopic (exact) mass is 422 g/mol. The zero-order valence-corrected chi connectivity index (χ0v) is 19.6. The summed E-state index contributed by atoms with van der Waals surface area (Å²) in [6.07, 6.45) is 4.31. The summed E-state index contributed by atoms with van der Waals surface area (Å²) in [5, 5.41) is 3.33. The summed E-state index contributed by atoms with van der Waals surface area (Å²) in [5.74, 6) is 0.588. The van der Waals surface area contributed by atoms with Gasteiger partial charge in [0.2, 0.25) is 17.7 Å². The van der Waals surface area contributed by atoms with Crippen molar-refractivity contribution in [1.82, 2.24) is 15.1 Å². The second-order valence-corrected chi connectivity index (χ2v) is 10.1. The molecule has 172 valence electrons. The number of nitrogens with one attached hydrogen (secondary N) is 1. The van der Waals surface area contributed by atoms with Crippen LogP contribution in [0.5, 0.6) is 0 Å². The molecule has 2 rings (SSSR count). The molecule has 0 saturated carbocycles. The summed E-state index contributed by atoms with van der Waals surface area (Å²) < 4.78 is 0. The van der Waals surface area contributed by atoms with Crippen molar-refractivity contribution in [3.05, 3.63) is 0 Å². The molecule has 2 fully saturated rings. The Balaban J connectivity index is 2.12. The fourth-order valence-electron chi connectivity index (χ4n) is 4.97. The number of hydrogen-bond donors (Lipinski definition) is 2. The lowest BCUT2D eigenvalue weighted by molar-refractivity contribution is -0.151. The SMILES string of the molecule is CCC1(CC(N)=O)CCN(C(=O)[C@H](CC(C)C)N2CCN[C@@H](CC(C)C)C2=O)CC1. The van der Waals surface area contributed by atoms with Crippen LogP contribution >= 0.6 is 0 Å². The molecule has 7 heteroatoms. The molecule has 30 heavy (non-hydrogen) atoms. The van der Waals surface area contributed by atoms with Crippen LogP contribution in [0.2, 0.25) is 0 Å². The Bertz CT molecular complexity index is 612. The number of amides is 3. The number of carbonyl (C=O) groups excluding carboxylic acids is 3. The minimum Gasteiger partial charge on any atom is -0.370 e. The lowest BCUT2D eigenvalue weighted by atomic mass is 9.73. The number of piperazine rings is 1. The molecule has 3 N–H and O–H groups in total. The van der Waals surface area contributed by atoms with E-state index in [1.54, 1.807) is 0 Å². The van der Waals surface area contributed by atoms with Crippen molar-refractivity contribution in [2.45, 2.75) is 85.2 Å². The molecule has 0 aromatic heterocycles. The van der Waals surface area contributed by atoms with E-state index in [2.05, 4.69) is 39.9 Å². The largest absolute Gasteiger partial charge is 0.370 e. The third-order valence-electron chi connectivity index (χ3n) is 6.82. The summed E-state index contributed by atoms with van der Waals surface area (Å²) in [5.41, 5.74) is 5.38. The van der Waals surface area contributed by atoms with E-state index in [1.807, 2.05) is 9.80 Å². The van der Waals surface area contributed by atoms with E-state index < -0.39 is 6.04 Å². The normalized spacial score (nSPS) is 23.2. The summed E-state index contributed by atoms with van der Waals surface area (Å²) in [4.78, 5) is 42.0. The second kappa shape index (κ2) is 10.6. The molecular formula is C23H42N4O3. The lowest BCUT2D eigenvalue weighted by Crippen LogP contribution is -2.62. The molecule has 0 aromatic carbocycles. The van der Waals surface area contributed by atoms with Gasteiger partial charge in [0.05, 0.1) is 6.04 Å². The topological polar surface area (TPSA) is 95.7 Å². The van der Waals surface area contributed by atoms with Crippen molar-refractivity contribution in [3.8, 4) is 0 Å². The Morgan fingerprint density at radius 1 is 1.13 bits per heavy atom. The third kappa shape index (κ3) is 6.19. The molecule has 0 spiro atoms. The van der Waals surface area contributed by atoms with E-state index in [-0.39, 0.29) is 29.2 Å².